The lowest BCUT2D eigenvalue weighted by Crippen LogP contribution is -2.69. The second-order valence-corrected chi connectivity index (χ2v) is 6.12. The fourth-order valence-electron chi connectivity index (χ4n) is 3.51. The third kappa shape index (κ3) is 2.36. The number of aromatic nitrogens is 1. The molecule has 0 aromatic carbocycles. The predicted molar refractivity (Wildman–Crippen MR) is 77.2 cm³/mol. The Morgan fingerprint density at radius 2 is 2.24 bits per heavy atom. The van der Waals surface area contributed by atoms with Gasteiger partial charge < -0.3 is 19.4 Å². The highest BCUT2D eigenvalue weighted by Crippen LogP contribution is 2.41. The van der Waals surface area contributed by atoms with E-state index in [1.165, 1.54) is 0 Å². The van der Waals surface area contributed by atoms with Crippen molar-refractivity contribution in [2.24, 2.45) is 5.92 Å². The molecule has 0 bridgehead atoms. The molecule has 0 radical (unpaired) electrons. The lowest BCUT2D eigenvalue weighted by Gasteiger charge is -2.50. The molecule has 3 rings (SSSR count). The Bertz CT molecular complexity index is 540. The molecule has 1 aliphatic heterocycles. The molecule has 6 nitrogen and oxygen atoms in total. The number of carbonyl (C=O) groups excluding carboxylic acids is 1. The molecule has 1 aromatic rings. The second-order valence-electron chi connectivity index (χ2n) is 6.12. The topological polar surface area (TPSA) is 67.6 Å². The summed E-state index contributed by atoms with van der Waals surface area (Å²) in [4.78, 5) is 18.8. The fraction of sp³-hybridized carbons (Fsp3) is 0.733. The van der Waals surface area contributed by atoms with E-state index < -0.39 is 0 Å². The summed E-state index contributed by atoms with van der Waals surface area (Å²) >= 11 is 0. The quantitative estimate of drug-likeness (QED) is 0.897. The van der Waals surface area contributed by atoms with E-state index in [0.717, 1.165) is 13.0 Å². The maximum absolute atomic E-state index is 12.5. The number of likely N-dealkylation sites (N-methyl/N-ethyl adjacent to an activating group) is 1. The van der Waals surface area contributed by atoms with E-state index in [2.05, 4.69) is 15.2 Å². The lowest BCUT2D eigenvalue weighted by atomic mass is 9.71. The van der Waals surface area contributed by atoms with Crippen LogP contribution in [0.5, 0.6) is 0 Å². The first-order valence-electron chi connectivity index (χ1n) is 7.58. The second kappa shape index (κ2) is 5.42. The van der Waals surface area contributed by atoms with Crippen LogP contribution >= 0.6 is 0 Å². The Hall–Kier alpha value is -1.40. The molecule has 1 aliphatic carbocycles. The Morgan fingerprint density at radius 1 is 1.48 bits per heavy atom. The zero-order chi connectivity index (χ0) is 15.1. The normalized spacial score (nSPS) is 31.1. The highest BCUT2D eigenvalue weighted by Gasteiger charge is 2.55. The van der Waals surface area contributed by atoms with Crippen molar-refractivity contribution >= 4 is 5.91 Å². The smallest absolute Gasteiger partial charge is 0.289 e. The lowest BCUT2D eigenvalue weighted by molar-refractivity contribution is -0.0666. The minimum Gasteiger partial charge on any atom is -0.435 e. The van der Waals surface area contributed by atoms with Crippen LogP contribution < -0.4 is 5.32 Å². The van der Waals surface area contributed by atoms with Crippen LogP contribution in [-0.2, 0) is 11.2 Å². The van der Waals surface area contributed by atoms with Crippen molar-refractivity contribution in [1.82, 2.24) is 15.2 Å². The van der Waals surface area contributed by atoms with Gasteiger partial charge in [0, 0.05) is 18.9 Å². The van der Waals surface area contributed by atoms with Crippen molar-refractivity contribution in [1.29, 1.82) is 0 Å². The van der Waals surface area contributed by atoms with Crippen molar-refractivity contribution in [3.8, 4) is 0 Å². The molecule has 1 aromatic heterocycles. The van der Waals surface area contributed by atoms with Crippen molar-refractivity contribution in [3.63, 3.8) is 0 Å². The van der Waals surface area contributed by atoms with Gasteiger partial charge in [-0.3, -0.25) is 4.79 Å². The summed E-state index contributed by atoms with van der Waals surface area (Å²) in [6.07, 6.45) is 1.94. The third-order valence-corrected chi connectivity index (χ3v) is 4.59. The predicted octanol–water partition coefficient (Wildman–Crippen LogP) is 0.993. The molecule has 0 unspecified atom stereocenters. The van der Waals surface area contributed by atoms with Gasteiger partial charge in [0.25, 0.3) is 5.91 Å². The minimum atomic E-state index is -0.165. The molecule has 0 spiro atoms. The van der Waals surface area contributed by atoms with Gasteiger partial charge in [-0.1, -0.05) is 6.92 Å². The monoisotopic (exact) mass is 293 g/mol. The van der Waals surface area contributed by atoms with Crippen molar-refractivity contribution in [2.75, 3.05) is 20.7 Å². The molecule has 2 heterocycles. The molecule has 1 saturated carbocycles. The summed E-state index contributed by atoms with van der Waals surface area (Å²) in [5.74, 6) is 1.20. The van der Waals surface area contributed by atoms with Crippen molar-refractivity contribution in [3.05, 3.63) is 17.3 Å². The summed E-state index contributed by atoms with van der Waals surface area (Å²) in [7, 11) is 4.05. The van der Waals surface area contributed by atoms with E-state index in [9.17, 15) is 4.79 Å². The van der Waals surface area contributed by atoms with Gasteiger partial charge in [0.1, 0.15) is 0 Å². The molecule has 6 heteroatoms. The number of rotatable bonds is 4. The van der Waals surface area contributed by atoms with Crippen LogP contribution in [0, 0.1) is 12.8 Å². The fourth-order valence-corrected chi connectivity index (χ4v) is 3.51. The average molecular weight is 293 g/mol. The van der Waals surface area contributed by atoms with Crippen LogP contribution in [0.2, 0.25) is 0 Å². The van der Waals surface area contributed by atoms with Gasteiger partial charge >= 0.3 is 0 Å². The number of nitrogens with one attached hydrogen (secondary N) is 1. The number of nitrogens with zero attached hydrogens (tertiary/aromatic N) is 2. The molecule has 4 atom stereocenters. The molecule has 2 fully saturated rings. The average Bonchev–Trinajstić information content (AvgIpc) is 2.99. The SMILES string of the molecule is CCc1nc(C)c(C(=O)N[C@@H]2[C@@H]3CCO[C@@H]3[C@H]2N(C)C)o1. The first-order chi connectivity index (χ1) is 10.0. The van der Waals surface area contributed by atoms with Crippen molar-refractivity contribution < 1.29 is 13.9 Å². The number of hydrogen-bond donors (Lipinski definition) is 1. The molecule has 116 valence electrons. The Morgan fingerprint density at radius 3 is 2.86 bits per heavy atom. The zero-order valence-corrected chi connectivity index (χ0v) is 13.0. The van der Waals surface area contributed by atoms with Gasteiger partial charge in [-0.25, -0.2) is 4.98 Å². The maximum atomic E-state index is 12.5. The van der Waals surface area contributed by atoms with Crippen LogP contribution in [0.25, 0.3) is 0 Å². The van der Waals surface area contributed by atoms with Gasteiger partial charge in [-0.15, -0.1) is 0 Å². The Labute approximate surface area is 124 Å². The van der Waals surface area contributed by atoms with E-state index >= 15 is 0 Å². The first-order valence-corrected chi connectivity index (χ1v) is 7.58. The minimum absolute atomic E-state index is 0.120. The number of oxazole rings is 1. The summed E-state index contributed by atoms with van der Waals surface area (Å²) < 4.78 is 11.3. The molecule has 21 heavy (non-hydrogen) atoms. The van der Waals surface area contributed by atoms with Crippen LogP contribution in [0.3, 0.4) is 0 Å². The van der Waals surface area contributed by atoms with Gasteiger partial charge in [0.05, 0.1) is 23.9 Å². The number of carbonyl (C=O) groups is 1. The number of hydrogen-bond acceptors (Lipinski definition) is 5. The molecular weight excluding hydrogens is 270 g/mol. The van der Waals surface area contributed by atoms with E-state index in [1.807, 2.05) is 27.9 Å². The molecule has 1 saturated heterocycles. The Kier molecular flexibility index (Phi) is 3.75. The first kappa shape index (κ1) is 14.5. The van der Waals surface area contributed by atoms with E-state index in [1.54, 1.807) is 0 Å². The van der Waals surface area contributed by atoms with Crippen LogP contribution in [0.15, 0.2) is 4.42 Å². The third-order valence-electron chi connectivity index (χ3n) is 4.59. The highest BCUT2D eigenvalue weighted by atomic mass is 16.5. The van der Waals surface area contributed by atoms with Crippen molar-refractivity contribution in [2.45, 2.75) is 44.9 Å². The highest BCUT2D eigenvalue weighted by molar-refractivity contribution is 5.92. The number of aryl methyl sites for hydroxylation is 2. The molecular formula is C15H23N3O3. The van der Waals surface area contributed by atoms with Crippen LogP contribution in [-0.4, -0.2) is 54.7 Å². The summed E-state index contributed by atoms with van der Waals surface area (Å²) in [6, 6.07) is 0.352. The summed E-state index contributed by atoms with van der Waals surface area (Å²) in [5.41, 5.74) is 0.657. The number of fused-ring (bicyclic) bond motifs is 1. The summed E-state index contributed by atoms with van der Waals surface area (Å²) in [6.45, 7) is 4.55. The van der Waals surface area contributed by atoms with Crippen LogP contribution in [0.4, 0.5) is 0 Å². The van der Waals surface area contributed by atoms with Gasteiger partial charge in [0.2, 0.25) is 5.76 Å². The summed E-state index contributed by atoms with van der Waals surface area (Å²) in [5, 5.41) is 3.12. The van der Waals surface area contributed by atoms with E-state index in [-0.39, 0.29) is 24.1 Å². The number of amides is 1. The maximum Gasteiger partial charge on any atom is 0.289 e. The van der Waals surface area contributed by atoms with E-state index in [0.29, 0.717) is 29.7 Å². The zero-order valence-electron chi connectivity index (χ0n) is 13.0. The molecule has 1 N–H and O–H groups in total. The number of ether oxygens (including phenoxy) is 1. The standard InChI is InChI=1S/C15H23N3O3/c1-5-10-16-8(2)13(21-10)15(19)17-11-9-6-7-20-14(9)12(11)18(3)4/h9,11-12,14H,5-7H2,1-4H3,(H,17,19)/t9-,11+,12-,14-/m0/s1. The molecule has 1 amide bonds. The van der Waals surface area contributed by atoms with E-state index in [4.69, 9.17) is 9.15 Å². The Balaban J connectivity index is 1.73. The largest absolute Gasteiger partial charge is 0.435 e. The van der Waals surface area contributed by atoms with Gasteiger partial charge in [-0.2, -0.15) is 0 Å². The van der Waals surface area contributed by atoms with Crippen LogP contribution in [0.1, 0.15) is 35.5 Å². The molecule has 2 aliphatic rings. The van der Waals surface area contributed by atoms with Gasteiger partial charge in [-0.05, 0) is 27.4 Å². The van der Waals surface area contributed by atoms with Gasteiger partial charge in [0.15, 0.2) is 5.89 Å².